The molecule has 0 aromatic carbocycles. The summed E-state index contributed by atoms with van der Waals surface area (Å²) in [4.78, 5) is 7.58. The molecule has 2 rings (SSSR count). The van der Waals surface area contributed by atoms with Gasteiger partial charge >= 0.3 is 0 Å². The van der Waals surface area contributed by atoms with Crippen LogP contribution in [0.2, 0.25) is 5.15 Å². The summed E-state index contributed by atoms with van der Waals surface area (Å²) in [5, 5.41) is 8.57. The van der Waals surface area contributed by atoms with E-state index in [-0.39, 0.29) is 22.3 Å². The number of nitriles is 1. The summed E-state index contributed by atoms with van der Waals surface area (Å²) in [5.74, 6) is -0.336. The molecule has 0 saturated carbocycles. The zero-order valence-corrected chi connectivity index (χ0v) is 8.95. The SMILES string of the molecule is N#Cc1cnc(-c2ccc(C(F)F)o2)nc1Cl. The largest absolute Gasteiger partial charge is 0.452 e. The van der Waals surface area contributed by atoms with Crippen LogP contribution in [0.4, 0.5) is 8.78 Å². The third kappa shape index (κ3) is 2.24. The second-order valence-electron chi connectivity index (χ2n) is 3.01. The normalized spacial score (nSPS) is 10.5. The van der Waals surface area contributed by atoms with Crippen molar-refractivity contribution < 1.29 is 13.2 Å². The second kappa shape index (κ2) is 4.47. The molecule has 0 fully saturated rings. The maximum atomic E-state index is 12.3. The van der Waals surface area contributed by atoms with Crippen LogP contribution < -0.4 is 0 Å². The lowest BCUT2D eigenvalue weighted by Crippen LogP contribution is -1.90. The number of alkyl halides is 2. The van der Waals surface area contributed by atoms with Crippen molar-refractivity contribution in [2.75, 3.05) is 0 Å². The molecule has 0 unspecified atom stereocenters. The van der Waals surface area contributed by atoms with Crippen molar-refractivity contribution >= 4 is 11.6 Å². The number of nitrogens with zero attached hydrogens (tertiary/aromatic N) is 3. The summed E-state index contributed by atoms with van der Waals surface area (Å²) in [6.45, 7) is 0. The minimum Gasteiger partial charge on any atom is -0.452 e. The molecule has 7 heteroatoms. The number of hydrogen-bond donors (Lipinski definition) is 0. The van der Waals surface area contributed by atoms with E-state index in [1.807, 2.05) is 0 Å². The zero-order chi connectivity index (χ0) is 12.4. The van der Waals surface area contributed by atoms with E-state index in [2.05, 4.69) is 9.97 Å². The van der Waals surface area contributed by atoms with Crippen LogP contribution >= 0.6 is 11.6 Å². The van der Waals surface area contributed by atoms with E-state index in [0.717, 1.165) is 6.07 Å². The van der Waals surface area contributed by atoms with Crippen molar-refractivity contribution in [1.82, 2.24) is 9.97 Å². The van der Waals surface area contributed by atoms with Crippen molar-refractivity contribution in [1.29, 1.82) is 5.26 Å². The Balaban J connectivity index is 2.40. The Morgan fingerprint density at radius 1 is 1.41 bits per heavy atom. The minimum absolute atomic E-state index is 0.0486. The van der Waals surface area contributed by atoms with Gasteiger partial charge in [0.1, 0.15) is 11.6 Å². The molecule has 2 heterocycles. The second-order valence-corrected chi connectivity index (χ2v) is 3.37. The van der Waals surface area contributed by atoms with Gasteiger partial charge in [-0.05, 0) is 12.1 Å². The fourth-order valence-electron chi connectivity index (χ4n) is 1.15. The molecule has 2 aromatic heterocycles. The highest BCUT2D eigenvalue weighted by Gasteiger charge is 2.15. The van der Waals surface area contributed by atoms with Crippen molar-refractivity contribution in [3.63, 3.8) is 0 Å². The molecular formula is C10H4ClF2N3O. The first-order valence-electron chi connectivity index (χ1n) is 4.42. The molecule has 0 atom stereocenters. The zero-order valence-electron chi connectivity index (χ0n) is 8.19. The highest BCUT2D eigenvalue weighted by Crippen LogP contribution is 2.26. The lowest BCUT2D eigenvalue weighted by atomic mass is 10.3. The average molecular weight is 256 g/mol. The first-order chi connectivity index (χ1) is 8.11. The third-order valence-corrected chi connectivity index (χ3v) is 2.21. The van der Waals surface area contributed by atoms with Crippen LogP contribution in [0.1, 0.15) is 17.7 Å². The van der Waals surface area contributed by atoms with Crippen molar-refractivity contribution in [2.24, 2.45) is 0 Å². The maximum absolute atomic E-state index is 12.3. The van der Waals surface area contributed by atoms with E-state index in [1.165, 1.54) is 12.3 Å². The molecule has 0 aliphatic heterocycles. The fraction of sp³-hybridized carbons (Fsp3) is 0.100. The lowest BCUT2D eigenvalue weighted by Gasteiger charge is -1.97. The van der Waals surface area contributed by atoms with Crippen LogP contribution in [0.3, 0.4) is 0 Å². The first kappa shape index (κ1) is 11.5. The van der Waals surface area contributed by atoms with Gasteiger partial charge in [0, 0.05) is 0 Å². The van der Waals surface area contributed by atoms with E-state index in [9.17, 15) is 8.78 Å². The summed E-state index contributed by atoms with van der Waals surface area (Å²) in [5.41, 5.74) is 0.107. The van der Waals surface area contributed by atoms with Gasteiger partial charge in [-0.25, -0.2) is 18.7 Å². The predicted octanol–water partition coefficient (Wildman–Crippen LogP) is 3.20. The Morgan fingerprint density at radius 2 is 2.18 bits per heavy atom. The van der Waals surface area contributed by atoms with Crippen LogP contribution in [0.15, 0.2) is 22.7 Å². The molecule has 0 aliphatic rings. The Kier molecular flexibility index (Phi) is 3.02. The Bertz CT molecular complexity index is 591. The molecule has 4 nitrogen and oxygen atoms in total. The van der Waals surface area contributed by atoms with Gasteiger partial charge in [-0.1, -0.05) is 11.6 Å². The predicted molar refractivity (Wildman–Crippen MR) is 54.4 cm³/mol. The van der Waals surface area contributed by atoms with Crippen LogP contribution in [-0.2, 0) is 0 Å². The van der Waals surface area contributed by atoms with Gasteiger partial charge in [0.05, 0.1) is 6.20 Å². The first-order valence-corrected chi connectivity index (χ1v) is 4.80. The number of hydrogen-bond acceptors (Lipinski definition) is 4. The Hall–Kier alpha value is -2.00. The van der Waals surface area contributed by atoms with Crippen molar-refractivity contribution in [3.05, 3.63) is 34.8 Å². The smallest absolute Gasteiger partial charge is 0.295 e. The molecule has 0 N–H and O–H groups in total. The van der Waals surface area contributed by atoms with Crippen LogP contribution in [-0.4, -0.2) is 9.97 Å². The molecule has 0 radical (unpaired) electrons. The Morgan fingerprint density at radius 3 is 2.71 bits per heavy atom. The van der Waals surface area contributed by atoms with Gasteiger partial charge in [-0.15, -0.1) is 0 Å². The highest BCUT2D eigenvalue weighted by atomic mass is 35.5. The average Bonchev–Trinajstić information content (AvgIpc) is 2.78. The molecule has 0 bridgehead atoms. The van der Waals surface area contributed by atoms with E-state index < -0.39 is 12.2 Å². The van der Waals surface area contributed by atoms with E-state index >= 15 is 0 Å². The van der Waals surface area contributed by atoms with Gasteiger partial charge in [-0.2, -0.15) is 5.26 Å². The monoisotopic (exact) mass is 255 g/mol. The number of aromatic nitrogens is 2. The van der Waals surface area contributed by atoms with Gasteiger partial charge in [0.15, 0.2) is 22.5 Å². The molecule has 0 spiro atoms. The van der Waals surface area contributed by atoms with E-state index in [1.54, 1.807) is 6.07 Å². The summed E-state index contributed by atoms with van der Waals surface area (Å²) in [6, 6.07) is 4.24. The van der Waals surface area contributed by atoms with E-state index in [4.69, 9.17) is 21.3 Å². The molecule has 0 amide bonds. The van der Waals surface area contributed by atoms with E-state index in [0.29, 0.717) is 0 Å². The van der Waals surface area contributed by atoms with Gasteiger partial charge in [-0.3, -0.25) is 0 Å². The van der Waals surface area contributed by atoms with Gasteiger partial charge in [0.25, 0.3) is 6.43 Å². The Labute approximate surface area is 99.5 Å². The van der Waals surface area contributed by atoms with Crippen molar-refractivity contribution in [3.8, 4) is 17.7 Å². The number of halogens is 3. The summed E-state index contributed by atoms with van der Waals surface area (Å²) in [7, 11) is 0. The topological polar surface area (TPSA) is 62.7 Å². The maximum Gasteiger partial charge on any atom is 0.295 e. The van der Waals surface area contributed by atoms with Crippen molar-refractivity contribution in [2.45, 2.75) is 6.43 Å². The number of furan rings is 1. The standard InChI is InChI=1S/C10H4ClF2N3O/c11-8-5(3-14)4-15-10(16-8)7-2-1-6(17-7)9(12)13/h1-2,4,9H. The lowest BCUT2D eigenvalue weighted by molar-refractivity contribution is 0.122. The summed E-state index contributed by atoms with van der Waals surface area (Å²) in [6.07, 6.45) is -1.49. The van der Waals surface area contributed by atoms with Crippen LogP contribution in [0.5, 0.6) is 0 Å². The van der Waals surface area contributed by atoms with Gasteiger partial charge < -0.3 is 4.42 Å². The van der Waals surface area contributed by atoms with Gasteiger partial charge in [0.2, 0.25) is 0 Å². The van der Waals surface area contributed by atoms with Crippen LogP contribution in [0.25, 0.3) is 11.6 Å². The molecule has 2 aromatic rings. The third-order valence-electron chi connectivity index (χ3n) is 1.92. The molecule has 0 aliphatic carbocycles. The molecule has 86 valence electrons. The summed E-state index contributed by atoms with van der Waals surface area (Å²) >= 11 is 5.69. The number of rotatable bonds is 2. The molecular weight excluding hydrogens is 252 g/mol. The fourth-order valence-corrected chi connectivity index (χ4v) is 1.32. The minimum atomic E-state index is -2.70. The summed E-state index contributed by atoms with van der Waals surface area (Å²) < 4.78 is 29.4. The quantitative estimate of drug-likeness (QED) is 0.773. The molecule has 17 heavy (non-hydrogen) atoms. The highest BCUT2D eigenvalue weighted by molar-refractivity contribution is 6.30. The van der Waals surface area contributed by atoms with Crippen LogP contribution in [0, 0.1) is 11.3 Å². The molecule has 0 saturated heterocycles.